The topological polar surface area (TPSA) is 26.3 Å². The molecular formula is C18H32O2. The van der Waals surface area contributed by atoms with Gasteiger partial charge in [0.1, 0.15) is 5.76 Å². The molecule has 0 saturated heterocycles. The summed E-state index contributed by atoms with van der Waals surface area (Å²) in [7, 11) is 0. The number of carbonyl (C=O) groups is 1. The van der Waals surface area contributed by atoms with Crippen molar-refractivity contribution in [3.63, 3.8) is 0 Å². The van der Waals surface area contributed by atoms with Crippen LogP contribution in [0.4, 0.5) is 0 Å². The minimum Gasteiger partial charge on any atom is -0.423 e. The van der Waals surface area contributed by atoms with Gasteiger partial charge in [0.05, 0.1) is 0 Å². The van der Waals surface area contributed by atoms with Crippen molar-refractivity contribution in [2.24, 2.45) is 0 Å². The van der Waals surface area contributed by atoms with E-state index in [4.69, 9.17) is 4.74 Å². The van der Waals surface area contributed by atoms with Gasteiger partial charge in [-0.3, -0.25) is 0 Å². The Bertz CT molecular complexity index is 331. The first-order valence-electron chi connectivity index (χ1n) is 7.62. The molecular weight excluding hydrogens is 248 g/mol. The molecule has 1 aliphatic rings. The molecule has 0 aromatic carbocycles. The molecule has 0 heterocycles. The SMILES string of the molecule is C/C=C\C(=O)OC1=CC=CCC=C1C.CC.CC.CC. The van der Waals surface area contributed by atoms with Crippen LogP contribution in [0.2, 0.25) is 0 Å². The summed E-state index contributed by atoms with van der Waals surface area (Å²) in [5, 5.41) is 0. The molecule has 0 fully saturated rings. The van der Waals surface area contributed by atoms with Crippen molar-refractivity contribution in [3.05, 3.63) is 47.8 Å². The number of hydrogen-bond donors (Lipinski definition) is 0. The highest BCUT2D eigenvalue weighted by Crippen LogP contribution is 2.15. The maximum absolute atomic E-state index is 11.2. The van der Waals surface area contributed by atoms with Gasteiger partial charge < -0.3 is 4.74 Å². The van der Waals surface area contributed by atoms with E-state index >= 15 is 0 Å². The van der Waals surface area contributed by atoms with Crippen LogP contribution in [0.5, 0.6) is 0 Å². The zero-order chi connectivity index (χ0) is 16.4. The number of hydrogen-bond acceptors (Lipinski definition) is 2. The molecule has 0 spiro atoms. The Labute approximate surface area is 125 Å². The number of carbonyl (C=O) groups excluding carboxylic acids is 1. The third kappa shape index (κ3) is 12.9. The standard InChI is InChI=1S/C12H14O2.3C2H6/c1-3-7-12(13)14-11-9-6-4-5-8-10(11)2;3*1-2/h3-4,6-9H,5H2,1-2H3;3*1-2H3/b7-3-;;;. The summed E-state index contributed by atoms with van der Waals surface area (Å²) in [5.41, 5.74) is 0.993. The van der Waals surface area contributed by atoms with Crippen LogP contribution in [0.3, 0.4) is 0 Å². The van der Waals surface area contributed by atoms with E-state index in [1.165, 1.54) is 6.08 Å². The molecule has 116 valence electrons. The van der Waals surface area contributed by atoms with Crippen LogP contribution >= 0.6 is 0 Å². The Morgan fingerprint density at radius 2 is 1.70 bits per heavy atom. The van der Waals surface area contributed by atoms with Crippen LogP contribution in [0, 0.1) is 0 Å². The van der Waals surface area contributed by atoms with Crippen LogP contribution in [0.15, 0.2) is 47.8 Å². The Morgan fingerprint density at radius 3 is 2.20 bits per heavy atom. The molecule has 0 aliphatic heterocycles. The van der Waals surface area contributed by atoms with E-state index in [9.17, 15) is 4.79 Å². The van der Waals surface area contributed by atoms with E-state index in [-0.39, 0.29) is 5.97 Å². The second-order valence-electron chi connectivity index (χ2n) is 3.00. The molecule has 0 atom stereocenters. The minimum atomic E-state index is -0.332. The molecule has 0 amide bonds. The quantitative estimate of drug-likeness (QED) is 0.460. The predicted octanol–water partition coefficient (Wildman–Crippen LogP) is 5.97. The molecule has 20 heavy (non-hydrogen) atoms. The van der Waals surface area contributed by atoms with Crippen molar-refractivity contribution < 1.29 is 9.53 Å². The van der Waals surface area contributed by atoms with E-state index < -0.39 is 0 Å². The van der Waals surface area contributed by atoms with E-state index in [2.05, 4.69) is 0 Å². The van der Waals surface area contributed by atoms with Gasteiger partial charge in [-0.25, -0.2) is 4.79 Å². The fourth-order valence-electron chi connectivity index (χ4n) is 1.10. The van der Waals surface area contributed by atoms with Gasteiger partial charge in [-0.1, -0.05) is 65.8 Å². The molecule has 0 N–H and O–H groups in total. The van der Waals surface area contributed by atoms with Crippen LogP contribution in [0.1, 0.15) is 61.8 Å². The minimum absolute atomic E-state index is 0.332. The number of esters is 1. The lowest BCUT2D eigenvalue weighted by Crippen LogP contribution is -2.01. The van der Waals surface area contributed by atoms with Crippen LogP contribution < -0.4 is 0 Å². The lowest BCUT2D eigenvalue weighted by Gasteiger charge is -2.05. The predicted molar refractivity (Wildman–Crippen MR) is 90.5 cm³/mol. The molecule has 2 nitrogen and oxygen atoms in total. The van der Waals surface area contributed by atoms with Gasteiger partial charge in [-0.15, -0.1) is 0 Å². The summed E-state index contributed by atoms with van der Waals surface area (Å²) in [6.07, 6.45) is 11.7. The Hall–Kier alpha value is -1.57. The fraction of sp³-hybridized carbons (Fsp3) is 0.500. The average Bonchev–Trinajstić information content (AvgIpc) is 2.71. The second kappa shape index (κ2) is 19.8. The molecule has 2 heteroatoms. The average molecular weight is 280 g/mol. The van der Waals surface area contributed by atoms with Gasteiger partial charge in [0.2, 0.25) is 0 Å². The van der Waals surface area contributed by atoms with E-state index in [1.54, 1.807) is 19.1 Å². The highest BCUT2D eigenvalue weighted by atomic mass is 16.5. The van der Waals surface area contributed by atoms with Gasteiger partial charge in [0, 0.05) is 6.08 Å². The smallest absolute Gasteiger partial charge is 0.335 e. The molecule has 1 aliphatic carbocycles. The molecule has 0 saturated carbocycles. The summed E-state index contributed by atoms with van der Waals surface area (Å²) < 4.78 is 5.14. The summed E-state index contributed by atoms with van der Waals surface area (Å²) >= 11 is 0. The lowest BCUT2D eigenvalue weighted by molar-refractivity contribution is -0.133. The third-order valence-electron chi connectivity index (χ3n) is 1.85. The lowest BCUT2D eigenvalue weighted by atomic mass is 10.2. The van der Waals surface area contributed by atoms with Gasteiger partial charge in [0.25, 0.3) is 0 Å². The van der Waals surface area contributed by atoms with Crippen molar-refractivity contribution in [1.29, 1.82) is 0 Å². The van der Waals surface area contributed by atoms with Crippen molar-refractivity contribution >= 4 is 5.97 Å². The summed E-state index contributed by atoms with van der Waals surface area (Å²) in [5.74, 6) is 0.295. The van der Waals surface area contributed by atoms with Crippen LogP contribution in [-0.4, -0.2) is 5.97 Å². The highest BCUT2D eigenvalue weighted by molar-refractivity contribution is 5.83. The number of rotatable bonds is 2. The Balaban J connectivity index is -0.000000425. The number of ether oxygens (including phenoxy) is 1. The Kier molecular flexibility index (Phi) is 23.2. The third-order valence-corrected chi connectivity index (χ3v) is 1.85. The first-order chi connectivity index (χ1) is 9.74. The van der Waals surface area contributed by atoms with Gasteiger partial charge >= 0.3 is 5.97 Å². The summed E-state index contributed by atoms with van der Waals surface area (Å²) in [6, 6.07) is 0. The first-order valence-corrected chi connectivity index (χ1v) is 7.62. The van der Waals surface area contributed by atoms with E-state index in [0.29, 0.717) is 5.76 Å². The highest BCUT2D eigenvalue weighted by Gasteiger charge is 2.05. The first kappa shape index (κ1) is 23.5. The molecule has 0 aromatic heterocycles. The van der Waals surface area contributed by atoms with Gasteiger partial charge in [-0.2, -0.15) is 0 Å². The number of allylic oxidation sites excluding steroid dienone is 6. The zero-order valence-corrected chi connectivity index (χ0v) is 14.5. The van der Waals surface area contributed by atoms with Crippen LogP contribution in [-0.2, 0) is 9.53 Å². The second-order valence-corrected chi connectivity index (χ2v) is 3.00. The maximum Gasteiger partial charge on any atom is 0.335 e. The summed E-state index contributed by atoms with van der Waals surface area (Å²) in [4.78, 5) is 11.2. The molecule has 1 rings (SSSR count). The fourth-order valence-corrected chi connectivity index (χ4v) is 1.10. The molecule has 0 radical (unpaired) electrons. The zero-order valence-electron chi connectivity index (χ0n) is 14.5. The van der Waals surface area contributed by atoms with E-state index in [1.807, 2.05) is 66.7 Å². The van der Waals surface area contributed by atoms with Crippen LogP contribution in [0.25, 0.3) is 0 Å². The van der Waals surface area contributed by atoms with Crippen molar-refractivity contribution in [2.45, 2.75) is 61.8 Å². The normalized spacial score (nSPS) is 12.2. The molecule has 0 aromatic rings. The van der Waals surface area contributed by atoms with Crippen molar-refractivity contribution in [2.75, 3.05) is 0 Å². The van der Waals surface area contributed by atoms with Gasteiger partial charge in [0.15, 0.2) is 0 Å². The van der Waals surface area contributed by atoms with Crippen molar-refractivity contribution in [1.82, 2.24) is 0 Å². The largest absolute Gasteiger partial charge is 0.423 e. The van der Waals surface area contributed by atoms with Gasteiger partial charge in [-0.05, 0) is 31.9 Å². The summed E-state index contributed by atoms with van der Waals surface area (Å²) in [6.45, 7) is 15.7. The van der Waals surface area contributed by atoms with Crippen molar-refractivity contribution in [3.8, 4) is 0 Å². The molecule has 0 bridgehead atoms. The maximum atomic E-state index is 11.2. The van der Waals surface area contributed by atoms with E-state index in [0.717, 1.165) is 12.0 Å². The monoisotopic (exact) mass is 280 g/mol. The molecule has 0 unspecified atom stereocenters. The Morgan fingerprint density at radius 1 is 1.15 bits per heavy atom.